The van der Waals surface area contributed by atoms with E-state index in [4.69, 9.17) is 4.74 Å². The number of fused-ring (bicyclic) bond motifs is 1. The average molecular weight is 412 g/mol. The minimum Gasteiger partial charge on any atom is -0.370 e. The number of carbonyl (C=O) groups excluding carboxylic acids is 1. The summed E-state index contributed by atoms with van der Waals surface area (Å²) in [7, 11) is -3.97. The van der Waals surface area contributed by atoms with Crippen molar-refractivity contribution in [1.82, 2.24) is 14.9 Å². The van der Waals surface area contributed by atoms with Gasteiger partial charge in [-0.25, -0.2) is 13.2 Å². The van der Waals surface area contributed by atoms with Gasteiger partial charge < -0.3 is 15.4 Å². The molecule has 0 spiro atoms. The van der Waals surface area contributed by atoms with Crippen molar-refractivity contribution in [2.24, 2.45) is 0 Å². The zero-order valence-electron chi connectivity index (χ0n) is 15.5. The maximum Gasteiger partial charge on any atom is 0.314 e. The highest BCUT2D eigenvalue weighted by molar-refractivity contribution is 7.89. The molecule has 2 fully saturated rings. The molecule has 1 aromatic carbocycles. The van der Waals surface area contributed by atoms with Crippen molar-refractivity contribution in [2.45, 2.75) is 49.3 Å². The van der Waals surface area contributed by atoms with Crippen molar-refractivity contribution in [2.75, 3.05) is 19.6 Å². The number of nitro groups is 1. The molecular weight excluding hydrogens is 388 g/mol. The van der Waals surface area contributed by atoms with Crippen molar-refractivity contribution in [3.05, 3.63) is 34.4 Å². The number of hydrogen-bond donors (Lipinski definition) is 2. The van der Waals surface area contributed by atoms with Gasteiger partial charge in [0.15, 0.2) is 4.90 Å². The summed E-state index contributed by atoms with van der Waals surface area (Å²) in [6, 6.07) is 4.77. The first-order valence-corrected chi connectivity index (χ1v) is 10.7. The van der Waals surface area contributed by atoms with Crippen LogP contribution in [0.4, 0.5) is 10.5 Å². The first kappa shape index (κ1) is 20.5. The van der Waals surface area contributed by atoms with E-state index in [2.05, 4.69) is 10.6 Å². The van der Waals surface area contributed by atoms with Gasteiger partial charge in [-0.2, -0.15) is 4.31 Å². The fraction of sp³-hybridized carbons (Fsp3) is 0.588. The molecule has 0 aromatic heterocycles. The number of hydrogen-bond acceptors (Lipinski definition) is 6. The summed E-state index contributed by atoms with van der Waals surface area (Å²) in [5.74, 6) is 0. The minimum atomic E-state index is -3.97. The summed E-state index contributed by atoms with van der Waals surface area (Å²) in [6.07, 6.45) is 1.58. The van der Waals surface area contributed by atoms with Gasteiger partial charge in [0.05, 0.1) is 23.2 Å². The smallest absolute Gasteiger partial charge is 0.314 e. The van der Waals surface area contributed by atoms with E-state index in [0.717, 1.165) is 6.42 Å². The van der Waals surface area contributed by atoms with Crippen molar-refractivity contribution in [3.63, 3.8) is 0 Å². The Kier molecular flexibility index (Phi) is 6.16. The number of ether oxygens (including phenoxy) is 1. The van der Waals surface area contributed by atoms with Crippen LogP contribution in [-0.2, 0) is 14.8 Å². The monoisotopic (exact) mass is 412 g/mol. The second-order valence-corrected chi connectivity index (χ2v) is 8.74. The number of nitro benzene ring substituents is 1. The van der Waals surface area contributed by atoms with E-state index in [-0.39, 0.29) is 35.7 Å². The van der Waals surface area contributed by atoms with E-state index in [1.807, 2.05) is 6.92 Å². The Morgan fingerprint density at radius 1 is 1.32 bits per heavy atom. The number of nitrogens with one attached hydrogen (secondary N) is 2. The summed E-state index contributed by atoms with van der Waals surface area (Å²) in [6.45, 7) is 3.07. The molecule has 0 unspecified atom stereocenters. The Balaban J connectivity index is 1.59. The molecule has 0 radical (unpaired) electrons. The number of para-hydroxylation sites is 1. The maximum atomic E-state index is 12.9. The predicted octanol–water partition coefficient (Wildman–Crippen LogP) is 1.22. The molecule has 2 saturated heterocycles. The standard InChI is InChI=1S/C17H24N4O6S/c1-2-9-18-17(22)19-10-12-7-8-13-15(27-12)11-20(13)28(25,26)16-6-4-3-5-14(16)21(23)24/h3-6,12-13,15H,2,7-11H2,1H3,(H2,18,19,22)/t12-,13-,15-/m1/s1. The number of nitrogens with zero attached hydrogens (tertiary/aromatic N) is 2. The highest BCUT2D eigenvalue weighted by atomic mass is 32.2. The van der Waals surface area contributed by atoms with Gasteiger partial charge in [0.25, 0.3) is 5.69 Å². The molecule has 154 valence electrons. The highest BCUT2D eigenvalue weighted by Gasteiger charge is 2.51. The molecule has 2 aliphatic heterocycles. The van der Waals surface area contributed by atoms with Crippen molar-refractivity contribution >= 4 is 21.7 Å². The number of rotatable bonds is 7. The molecule has 3 rings (SSSR count). The second-order valence-electron chi connectivity index (χ2n) is 6.88. The van der Waals surface area contributed by atoms with E-state index in [9.17, 15) is 23.3 Å². The Labute approximate surface area is 163 Å². The van der Waals surface area contributed by atoms with Crippen LogP contribution >= 0.6 is 0 Å². The van der Waals surface area contributed by atoms with Gasteiger partial charge in [-0.05, 0) is 25.3 Å². The third-order valence-corrected chi connectivity index (χ3v) is 6.92. The Morgan fingerprint density at radius 2 is 2.07 bits per heavy atom. The molecule has 2 amide bonds. The van der Waals surface area contributed by atoms with E-state index >= 15 is 0 Å². The first-order chi connectivity index (χ1) is 13.3. The van der Waals surface area contributed by atoms with Crippen molar-refractivity contribution in [3.8, 4) is 0 Å². The second kappa shape index (κ2) is 8.41. The third-order valence-electron chi connectivity index (χ3n) is 4.99. The van der Waals surface area contributed by atoms with E-state index < -0.39 is 20.6 Å². The lowest BCUT2D eigenvalue weighted by Crippen LogP contribution is -2.66. The SMILES string of the molecule is CCCNC(=O)NC[C@H]1CC[C@@H]2[C@@H](CN2S(=O)(=O)c2ccccc2[N+](=O)[O-])O1. The average Bonchev–Trinajstić information content (AvgIpc) is 2.65. The molecule has 10 nitrogen and oxygen atoms in total. The van der Waals surface area contributed by atoms with Crippen molar-refractivity contribution < 1.29 is 22.9 Å². The lowest BCUT2D eigenvalue weighted by molar-refractivity contribution is -0.387. The number of amides is 2. The Morgan fingerprint density at radius 3 is 2.75 bits per heavy atom. The molecule has 2 N–H and O–H groups in total. The molecule has 11 heteroatoms. The third kappa shape index (κ3) is 4.10. The number of urea groups is 1. The van der Waals surface area contributed by atoms with Crippen LogP contribution in [0, 0.1) is 10.1 Å². The van der Waals surface area contributed by atoms with Crippen LogP contribution in [-0.4, -0.2) is 61.6 Å². The minimum absolute atomic E-state index is 0.150. The lowest BCUT2D eigenvalue weighted by Gasteiger charge is -2.50. The summed E-state index contributed by atoms with van der Waals surface area (Å²) in [5.41, 5.74) is -0.428. The normalized spacial score (nSPS) is 24.7. The fourth-order valence-corrected chi connectivity index (χ4v) is 5.35. The lowest BCUT2D eigenvalue weighted by atomic mass is 9.92. The fourth-order valence-electron chi connectivity index (χ4n) is 3.50. The van der Waals surface area contributed by atoms with Gasteiger partial charge in [-0.15, -0.1) is 0 Å². The number of carbonyl (C=O) groups is 1. The zero-order chi connectivity index (χ0) is 20.3. The Bertz CT molecular complexity index is 846. The van der Waals surface area contributed by atoms with Gasteiger partial charge in [-0.3, -0.25) is 10.1 Å². The molecule has 2 heterocycles. The van der Waals surface area contributed by atoms with Crippen LogP contribution in [0.25, 0.3) is 0 Å². The van der Waals surface area contributed by atoms with Crippen LogP contribution in [0.2, 0.25) is 0 Å². The molecular formula is C17H24N4O6S. The van der Waals surface area contributed by atoms with Gasteiger partial charge in [0.1, 0.15) is 0 Å². The molecule has 1 aromatic rings. The molecule has 3 atom stereocenters. The van der Waals surface area contributed by atoms with Gasteiger partial charge in [0.2, 0.25) is 10.0 Å². The largest absolute Gasteiger partial charge is 0.370 e. The summed E-state index contributed by atoms with van der Waals surface area (Å²) < 4.78 is 33.0. The van der Waals surface area contributed by atoms with Crippen LogP contribution in [0.3, 0.4) is 0 Å². The predicted molar refractivity (Wildman–Crippen MR) is 100 cm³/mol. The van der Waals surface area contributed by atoms with E-state index in [1.54, 1.807) is 0 Å². The van der Waals surface area contributed by atoms with Gasteiger partial charge >= 0.3 is 6.03 Å². The molecule has 28 heavy (non-hydrogen) atoms. The summed E-state index contributed by atoms with van der Waals surface area (Å²) in [5, 5.41) is 16.6. The highest BCUT2D eigenvalue weighted by Crippen LogP contribution is 2.38. The van der Waals surface area contributed by atoms with E-state index in [1.165, 1.54) is 28.6 Å². The molecule has 2 aliphatic rings. The van der Waals surface area contributed by atoms with Gasteiger partial charge in [0, 0.05) is 25.7 Å². The van der Waals surface area contributed by atoms with E-state index in [0.29, 0.717) is 25.9 Å². The number of benzene rings is 1. The van der Waals surface area contributed by atoms with Crippen LogP contribution < -0.4 is 10.6 Å². The summed E-state index contributed by atoms with van der Waals surface area (Å²) >= 11 is 0. The molecule has 0 saturated carbocycles. The Hall–Kier alpha value is -2.24. The van der Waals surface area contributed by atoms with Gasteiger partial charge in [-0.1, -0.05) is 19.1 Å². The van der Waals surface area contributed by atoms with Crippen LogP contribution in [0.1, 0.15) is 26.2 Å². The topological polar surface area (TPSA) is 131 Å². The first-order valence-electron chi connectivity index (χ1n) is 9.27. The van der Waals surface area contributed by atoms with Crippen LogP contribution in [0.15, 0.2) is 29.2 Å². The molecule has 0 bridgehead atoms. The molecule has 0 aliphatic carbocycles. The number of sulfonamides is 1. The maximum absolute atomic E-state index is 12.9. The zero-order valence-corrected chi connectivity index (χ0v) is 16.4. The van der Waals surface area contributed by atoms with Crippen molar-refractivity contribution in [1.29, 1.82) is 0 Å². The quantitative estimate of drug-likeness (QED) is 0.511. The van der Waals surface area contributed by atoms with Crippen LogP contribution in [0.5, 0.6) is 0 Å². The summed E-state index contributed by atoms with van der Waals surface area (Å²) in [4.78, 5) is 21.8.